The van der Waals surface area contributed by atoms with Gasteiger partial charge in [0.15, 0.2) is 0 Å². The number of halogens is 3. The Morgan fingerprint density at radius 3 is 2.59 bits per heavy atom. The summed E-state index contributed by atoms with van der Waals surface area (Å²) in [5, 5.41) is 14.3. The smallest absolute Gasteiger partial charge is 0.403 e. The van der Waals surface area contributed by atoms with Crippen molar-refractivity contribution < 1.29 is 26.3 Å². The molecule has 1 heterocycles. The highest BCUT2D eigenvalue weighted by Gasteiger charge is 2.32. The highest BCUT2D eigenvalue weighted by atomic mass is 32.2. The minimum Gasteiger partial charge on any atom is -0.403 e. The van der Waals surface area contributed by atoms with E-state index in [-0.39, 0.29) is 41.6 Å². The van der Waals surface area contributed by atoms with E-state index in [0.717, 1.165) is 18.3 Å². The second kappa shape index (κ2) is 9.57. The number of anilines is 1. The van der Waals surface area contributed by atoms with Crippen LogP contribution >= 0.6 is 0 Å². The molecule has 8 nitrogen and oxygen atoms in total. The first-order chi connectivity index (χ1) is 16.0. The summed E-state index contributed by atoms with van der Waals surface area (Å²) >= 11 is 0. The fourth-order valence-electron chi connectivity index (χ4n) is 3.17. The van der Waals surface area contributed by atoms with Gasteiger partial charge in [0.2, 0.25) is 10.0 Å². The lowest BCUT2D eigenvalue weighted by Gasteiger charge is -2.33. The van der Waals surface area contributed by atoms with Crippen molar-refractivity contribution in [3.8, 4) is 6.07 Å². The summed E-state index contributed by atoms with van der Waals surface area (Å²) in [4.78, 5) is 5.22. The molecule has 0 fully saturated rings. The fraction of sp³-hybridized carbons (Fsp3) is 0.182. The molecule has 0 saturated carbocycles. The highest BCUT2D eigenvalue weighted by molar-refractivity contribution is 7.94. The highest BCUT2D eigenvalue weighted by Crippen LogP contribution is 2.34. The van der Waals surface area contributed by atoms with Gasteiger partial charge in [-0.25, -0.2) is 18.5 Å². The number of primary sulfonamides is 1. The van der Waals surface area contributed by atoms with Gasteiger partial charge in [-0.1, -0.05) is 6.07 Å². The average molecular weight is 489 g/mol. The molecule has 3 rings (SSSR count). The van der Waals surface area contributed by atoms with Crippen molar-refractivity contribution in [3.63, 3.8) is 0 Å². The van der Waals surface area contributed by atoms with Crippen molar-refractivity contribution >= 4 is 27.1 Å². The molecule has 4 N–H and O–H groups in total. The summed E-state index contributed by atoms with van der Waals surface area (Å²) in [5.41, 5.74) is 5.63. The number of alkyl halides is 3. The Balaban J connectivity index is 2.18. The number of benzene rings is 1. The van der Waals surface area contributed by atoms with E-state index >= 15 is 0 Å². The second-order valence-corrected chi connectivity index (χ2v) is 8.58. The summed E-state index contributed by atoms with van der Waals surface area (Å²) < 4.78 is 69.6. The van der Waals surface area contributed by atoms with Gasteiger partial charge >= 0.3 is 6.18 Å². The molecule has 12 heteroatoms. The molecule has 0 saturated heterocycles. The zero-order valence-corrected chi connectivity index (χ0v) is 18.5. The Morgan fingerprint density at radius 1 is 1.29 bits per heavy atom. The maximum atomic E-state index is 13.2. The molecule has 1 aliphatic heterocycles. The third-order valence-electron chi connectivity index (χ3n) is 4.86. The molecule has 0 amide bonds. The largest absolute Gasteiger partial charge is 0.416 e. The number of hydrogen-bond acceptors (Lipinski definition) is 7. The van der Waals surface area contributed by atoms with E-state index in [1.165, 1.54) is 29.2 Å². The molecule has 1 aliphatic rings. The lowest BCUT2D eigenvalue weighted by molar-refractivity contribution is -0.137. The quantitative estimate of drug-likeness (QED) is 0.620. The summed E-state index contributed by atoms with van der Waals surface area (Å²) in [7, 11) is -4.36. The van der Waals surface area contributed by atoms with Crippen molar-refractivity contribution in [1.29, 1.82) is 5.26 Å². The molecule has 0 radical (unpaired) electrons. The van der Waals surface area contributed by atoms with Gasteiger partial charge in [-0.3, -0.25) is 0 Å². The molecule has 0 aliphatic carbocycles. The molecule has 0 unspecified atom stereocenters. The molecule has 34 heavy (non-hydrogen) atoms. The first-order valence-electron chi connectivity index (χ1n) is 9.56. The zero-order chi connectivity index (χ0) is 25.1. The first-order valence-corrected chi connectivity index (χ1v) is 11.1. The minimum atomic E-state index is -4.55. The summed E-state index contributed by atoms with van der Waals surface area (Å²) in [6, 6.07) is 14.5. The van der Waals surface area contributed by atoms with Gasteiger partial charge in [0, 0.05) is 23.2 Å². The number of allylic oxidation sites excluding steroid dienone is 2. The number of aliphatic imine (C=N–C) groups is 1. The van der Waals surface area contributed by atoms with Crippen LogP contribution in [0.3, 0.4) is 0 Å². The molecule has 2 aromatic carbocycles. The van der Waals surface area contributed by atoms with E-state index in [1.807, 2.05) is 6.07 Å². The van der Waals surface area contributed by atoms with Gasteiger partial charge in [0.1, 0.15) is 29.0 Å². The topological polar surface area (TPSA) is 135 Å². The maximum absolute atomic E-state index is 13.2. The molecular weight excluding hydrogens is 471 g/mol. The van der Waals surface area contributed by atoms with Crippen LogP contribution in [-0.4, -0.2) is 27.5 Å². The molecule has 0 aromatic heterocycles. The maximum Gasteiger partial charge on any atom is 0.416 e. The fourth-order valence-corrected chi connectivity index (χ4v) is 3.80. The Kier molecular flexibility index (Phi) is 6.98. The third kappa shape index (κ3) is 5.38. The average Bonchev–Trinajstić information content (AvgIpc) is 2.78. The van der Waals surface area contributed by atoms with Crippen LogP contribution in [0.2, 0.25) is 0 Å². The third-order valence-corrected chi connectivity index (χ3v) is 5.80. The normalized spacial score (nSPS) is 15.7. The van der Waals surface area contributed by atoms with E-state index in [2.05, 4.69) is 17.1 Å². The van der Waals surface area contributed by atoms with Crippen molar-refractivity contribution in [2.75, 3.05) is 18.2 Å². The van der Waals surface area contributed by atoms with Gasteiger partial charge in [-0.05, 0) is 49.4 Å². The number of rotatable bonds is 5. The lowest BCUT2D eigenvalue weighted by atomic mass is 10.1. The summed E-state index contributed by atoms with van der Waals surface area (Å²) in [6.45, 7) is 1.38. The van der Waals surface area contributed by atoms with Crippen LogP contribution in [0.5, 0.6) is 0 Å². The van der Waals surface area contributed by atoms with Crippen molar-refractivity contribution in [2.45, 2.75) is 13.1 Å². The standard InChI is InChI=1S/C22H18F3N5O3S/c1-14-19(12-33-13-30(14)18-4-2-3-16(9-18)22(23,24)25)21(20(11-27)34(28,31)32)29-17-7-5-15(10-26)6-8-17/h2-5,7,9,11H,12-13,27H2,1H3,(H2,28,31,32). The van der Waals surface area contributed by atoms with Crippen LogP contribution in [0.1, 0.15) is 18.1 Å². The summed E-state index contributed by atoms with van der Waals surface area (Å²) in [5.74, 6) is 0. The van der Waals surface area contributed by atoms with Gasteiger partial charge in [0.05, 0.1) is 17.9 Å². The number of nitrogens with zero attached hydrogens (tertiary/aromatic N) is 3. The summed E-state index contributed by atoms with van der Waals surface area (Å²) in [6.07, 6.45) is -3.78. The van der Waals surface area contributed by atoms with E-state index in [1.54, 1.807) is 6.92 Å². The van der Waals surface area contributed by atoms with Crippen LogP contribution in [0.15, 0.2) is 63.8 Å². The van der Waals surface area contributed by atoms with Crippen LogP contribution < -0.4 is 15.8 Å². The molecule has 0 bridgehead atoms. The Hall–Kier alpha value is -3.84. The lowest BCUT2D eigenvalue weighted by Crippen LogP contribution is -2.35. The van der Waals surface area contributed by atoms with Crippen molar-refractivity contribution in [3.05, 3.63) is 82.0 Å². The number of hydrogen-bond donors (Lipinski definition) is 2. The van der Waals surface area contributed by atoms with E-state index in [4.69, 9.17) is 20.9 Å². The number of nitrogens with two attached hydrogens (primary N) is 2. The number of ether oxygens (including phenoxy) is 1. The van der Waals surface area contributed by atoms with Crippen molar-refractivity contribution in [1.82, 2.24) is 0 Å². The van der Waals surface area contributed by atoms with Crippen molar-refractivity contribution in [2.24, 2.45) is 15.9 Å². The predicted molar refractivity (Wildman–Crippen MR) is 119 cm³/mol. The Labute approximate surface area is 194 Å². The molecule has 0 atom stereocenters. The Morgan fingerprint density at radius 2 is 2.03 bits per heavy atom. The molecule has 0 spiro atoms. The molecule has 176 valence electrons. The van der Waals surface area contributed by atoms with E-state index in [0.29, 0.717) is 5.70 Å². The van der Waals surface area contributed by atoms with Gasteiger partial charge in [-0.15, -0.1) is 0 Å². The van der Waals surface area contributed by atoms with Gasteiger partial charge in [-0.2, -0.15) is 18.4 Å². The molecular formula is C22H18F3N5O3S. The monoisotopic (exact) mass is 489 g/mol. The van der Waals surface area contributed by atoms with E-state index in [9.17, 15) is 21.6 Å². The number of sulfonamides is 1. The predicted octanol–water partition coefficient (Wildman–Crippen LogP) is 3.11. The number of nitriles is 1. The minimum absolute atomic E-state index is 0.0856. The second-order valence-electron chi connectivity index (χ2n) is 7.05. The SMILES string of the molecule is CC1=C(C(=Nc2c#cc(C#N)cc2)C(=CN)S(N)(=O)=O)COCN1c1cccc(C(F)(F)F)c1. The first kappa shape index (κ1) is 24.8. The van der Waals surface area contributed by atoms with Crippen LogP contribution in [0, 0.1) is 23.5 Å². The van der Waals surface area contributed by atoms with Gasteiger partial charge in [0.25, 0.3) is 0 Å². The molecule has 2 aromatic rings. The zero-order valence-electron chi connectivity index (χ0n) is 17.7. The Bertz CT molecular complexity index is 1320. The van der Waals surface area contributed by atoms with Crippen LogP contribution in [0.25, 0.3) is 0 Å². The van der Waals surface area contributed by atoms with Crippen LogP contribution in [0.4, 0.5) is 24.5 Å². The van der Waals surface area contributed by atoms with Crippen LogP contribution in [-0.2, 0) is 20.9 Å². The van der Waals surface area contributed by atoms with E-state index < -0.39 is 26.7 Å². The van der Waals surface area contributed by atoms with Gasteiger partial charge < -0.3 is 15.4 Å².